The molecule has 3 aromatic rings. The largest absolute Gasteiger partial charge is 0.350 e. The summed E-state index contributed by atoms with van der Waals surface area (Å²) < 4.78 is 0. The Bertz CT molecular complexity index is 932. The van der Waals surface area contributed by atoms with Gasteiger partial charge in [0, 0.05) is 29.7 Å². The van der Waals surface area contributed by atoms with E-state index in [1.165, 1.54) is 0 Å². The molecule has 27 heavy (non-hydrogen) atoms. The monoisotopic (exact) mass is 401 g/mol. The van der Waals surface area contributed by atoms with Crippen LogP contribution >= 0.6 is 22.9 Å². The van der Waals surface area contributed by atoms with Crippen molar-refractivity contribution < 1.29 is 9.59 Å². The van der Waals surface area contributed by atoms with Crippen LogP contribution in [0.5, 0.6) is 0 Å². The van der Waals surface area contributed by atoms with Crippen LogP contribution in [-0.4, -0.2) is 27.0 Å². The standard InChI is InChI=1S/C18H16ClN5O2S/c19-12-4-3-6-13(10-12)22-17(26)18-24-23-16(27-18)8-7-15(25)21-11-14-5-1-2-9-20-14/h1-6,9-10H,7-8,11H2,(H,21,25)(H,22,26). The average Bonchev–Trinajstić information content (AvgIpc) is 3.15. The summed E-state index contributed by atoms with van der Waals surface area (Å²) in [4.78, 5) is 28.3. The second-order valence-corrected chi connectivity index (χ2v) is 7.06. The number of rotatable bonds is 7. The molecule has 0 radical (unpaired) electrons. The molecule has 0 bridgehead atoms. The second-order valence-electron chi connectivity index (χ2n) is 5.56. The van der Waals surface area contributed by atoms with E-state index in [1.54, 1.807) is 30.5 Å². The quantitative estimate of drug-likeness (QED) is 0.634. The van der Waals surface area contributed by atoms with Gasteiger partial charge in [-0.15, -0.1) is 10.2 Å². The minimum Gasteiger partial charge on any atom is -0.350 e. The first-order valence-corrected chi connectivity index (χ1v) is 9.35. The number of hydrogen-bond acceptors (Lipinski definition) is 6. The van der Waals surface area contributed by atoms with Gasteiger partial charge < -0.3 is 10.6 Å². The normalized spacial score (nSPS) is 10.4. The van der Waals surface area contributed by atoms with E-state index in [0.29, 0.717) is 28.7 Å². The molecule has 0 saturated heterocycles. The Labute approximate surface area is 164 Å². The van der Waals surface area contributed by atoms with E-state index in [1.807, 2.05) is 18.2 Å². The third-order valence-electron chi connectivity index (χ3n) is 3.50. The van der Waals surface area contributed by atoms with Gasteiger partial charge in [0.1, 0.15) is 5.01 Å². The second kappa shape index (κ2) is 9.20. The summed E-state index contributed by atoms with van der Waals surface area (Å²) in [5.74, 6) is -0.471. The maximum atomic E-state index is 12.2. The number of amides is 2. The van der Waals surface area contributed by atoms with Crippen molar-refractivity contribution in [1.29, 1.82) is 0 Å². The molecular formula is C18H16ClN5O2S. The molecule has 0 spiro atoms. The molecule has 2 N–H and O–H groups in total. The van der Waals surface area contributed by atoms with Crippen LogP contribution in [0.1, 0.15) is 26.9 Å². The van der Waals surface area contributed by atoms with Gasteiger partial charge in [-0.2, -0.15) is 0 Å². The van der Waals surface area contributed by atoms with Crippen molar-refractivity contribution in [2.75, 3.05) is 5.32 Å². The highest BCUT2D eigenvalue weighted by Crippen LogP contribution is 2.17. The number of nitrogens with one attached hydrogen (secondary N) is 2. The van der Waals surface area contributed by atoms with Gasteiger partial charge in [0.05, 0.1) is 12.2 Å². The van der Waals surface area contributed by atoms with Crippen molar-refractivity contribution in [2.45, 2.75) is 19.4 Å². The maximum Gasteiger partial charge on any atom is 0.286 e. The van der Waals surface area contributed by atoms with Crippen LogP contribution < -0.4 is 10.6 Å². The summed E-state index contributed by atoms with van der Waals surface area (Å²) in [6.07, 6.45) is 2.35. The Kier molecular flexibility index (Phi) is 6.45. The van der Waals surface area contributed by atoms with Crippen LogP contribution in [-0.2, 0) is 17.8 Å². The number of anilines is 1. The van der Waals surface area contributed by atoms with Crippen molar-refractivity contribution >= 4 is 40.4 Å². The smallest absolute Gasteiger partial charge is 0.286 e. The fraction of sp³-hybridized carbons (Fsp3) is 0.167. The maximum absolute atomic E-state index is 12.2. The Morgan fingerprint density at radius 1 is 1.11 bits per heavy atom. The summed E-state index contributed by atoms with van der Waals surface area (Å²) in [5, 5.41) is 14.8. The fourth-order valence-corrected chi connectivity index (χ4v) is 3.12. The predicted molar refractivity (Wildman–Crippen MR) is 104 cm³/mol. The zero-order chi connectivity index (χ0) is 19.1. The number of aromatic nitrogens is 3. The molecule has 0 aliphatic rings. The first-order chi connectivity index (χ1) is 13.1. The third kappa shape index (κ3) is 5.83. The van der Waals surface area contributed by atoms with Crippen LogP contribution in [0.3, 0.4) is 0 Å². The predicted octanol–water partition coefficient (Wildman–Crippen LogP) is 3.09. The molecule has 0 fully saturated rings. The van der Waals surface area contributed by atoms with E-state index in [2.05, 4.69) is 25.8 Å². The van der Waals surface area contributed by atoms with E-state index in [0.717, 1.165) is 17.0 Å². The topological polar surface area (TPSA) is 96.9 Å². The van der Waals surface area contributed by atoms with Crippen molar-refractivity contribution in [3.05, 3.63) is 69.4 Å². The zero-order valence-corrected chi connectivity index (χ0v) is 15.8. The minimum absolute atomic E-state index is 0.110. The van der Waals surface area contributed by atoms with Gasteiger partial charge in [-0.1, -0.05) is 35.1 Å². The van der Waals surface area contributed by atoms with Crippen LogP contribution in [0.2, 0.25) is 5.02 Å². The molecule has 0 aliphatic heterocycles. The molecule has 0 atom stereocenters. The van der Waals surface area contributed by atoms with E-state index in [-0.39, 0.29) is 23.2 Å². The molecule has 7 nitrogen and oxygen atoms in total. The summed E-state index contributed by atoms with van der Waals surface area (Å²) in [6, 6.07) is 12.4. The molecule has 0 aliphatic carbocycles. The molecule has 9 heteroatoms. The van der Waals surface area contributed by atoms with Crippen LogP contribution in [0, 0.1) is 0 Å². The van der Waals surface area contributed by atoms with Crippen molar-refractivity contribution in [3.8, 4) is 0 Å². The number of carbonyl (C=O) groups is 2. The average molecular weight is 402 g/mol. The highest BCUT2D eigenvalue weighted by Gasteiger charge is 2.14. The highest BCUT2D eigenvalue weighted by atomic mass is 35.5. The molecule has 2 amide bonds. The van der Waals surface area contributed by atoms with Gasteiger partial charge in [-0.05, 0) is 30.3 Å². The number of pyridine rings is 1. The van der Waals surface area contributed by atoms with Gasteiger partial charge in [0.15, 0.2) is 0 Å². The summed E-state index contributed by atoms with van der Waals surface area (Å²) in [7, 11) is 0. The van der Waals surface area contributed by atoms with E-state index >= 15 is 0 Å². The number of hydrogen-bond donors (Lipinski definition) is 2. The number of nitrogens with zero attached hydrogens (tertiary/aromatic N) is 3. The molecular weight excluding hydrogens is 386 g/mol. The van der Waals surface area contributed by atoms with Crippen molar-refractivity contribution in [3.63, 3.8) is 0 Å². The van der Waals surface area contributed by atoms with Crippen LogP contribution in [0.4, 0.5) is 5.69 Å². The van der Waals surface area contributed by atoms with Crippen molar-refractivity contribution in [2.24, 2.45) is 0 Å². The lowest BCUT2D eigenvalue weighted by Gasteiger charge is -2.03. The lowest BCUT2D eigenvalue weighted by molar-refractivity contribution is -0.121. The fourth-order valence-electron chi connectivity index (χ4n) is 2.20. The summed E-state index contributed by atoms with van der Waals surface area (Å²) in [5.41, 5.74) is 1.37. The lowest BCUT2D eigenvalue weighted by Crippen LogP contribution is -2.23. The Morgan fingerprint density at radius 2 is 2.00 bits per heavy atom. The molecule has 1 aromatic carbocycles. The molecule has 2 heterocycles. The van der Waals surface area contributed by atoms with Gasteiger partial charge >= 0.3 is 0 Å². The number of aryl methyl sites for hydroxylation is 1. The number of halogens is 1. The Hall–Kier alpha value is -2.84. The first kappa shape index (κ1) is 18.9. The molecule has 2 aromatic heterocycles. The lowest BCUT2D eigenvalue weighted by atomic mass is 10.3. The van der Waals surface area contributed by atoms with Gasteiger partial charge in [-0.3, -0.25) is 14.6 Å². The van der Waals surface area contributed by atoms with Crippen LogP contribution in [0.15, 0.2) is 48.7 Å². The Balaban J connectivity index is 1.47. The highest BCUT2D eigenvalue weighted by molar-refractivity contribution is 7.13. The first-order valence-electron chi connectivity index (χ1n) is 8.16. The minimum atomic E-state index is -0.361. The SMILES string of the molecule is O=C(CCc1nnc(C(=O)Nc2cccc(Cl)c2)s1)NCc1ccccn1. The molecule has 3 rings (SSSR count). The third-order valence-corrected chi connectivity index (χ3v) is 4.72. The van der Waals surface area contributed by atoms with E-state index in [4.69, 9.17) is 11.6 Å². The molecule has 0 saturated carbocycles. The summed E-state index contributed by atoms with van der Waals surface area (Å²) in [6.45, 7) is 0.378. The van der Waals surface area contributed by atoms with Crippen molar-refractivity contribution in [1.82, 2.24) is 20.5 Å². The molecule has 0 unspecified atom stereocenters. The van der Waals surface area contributed by atoms with Crippen LogP contribution in [0.25, 0.3) is 0 Å². The van der Waals surface area contributed by atoms with Gasteiger partial charge in [0.2, 0.25) is 10.9 Å². The number of carbonyl (C=O) groups excluding carboxylic acids is 2. The Morgan fingerprint density at radius 3 is 2.78 bits per heavy atom. The zero-order valence-electron chi connectivity index (χ0n) is 14.2. The van der Waals surface area contributed by atoms with E-state index < -0.39 is 0 Å². The van der Waals surface area contributed by atoms with Gasteiger partial charge in [0.25, 0.3) is 5.91 Å². The van der Waals surface area contributed by atoms with Gasteiger partial charge in [-0.25, -0.2) is 0 Å². The van der Waals surface area contributed by atoms with E-state index in [9.17, 15) is 9.59 Å². The molecule has 138 valence electrons. The number of benzene rings is 1. The summed E-state index contributed by atoms with van der Waals surface area (Å²) >= 11 is 7.06.